The number of aliphatic hydroxyl groups is 1. The Morgan fingerprint density at radius 1 is 0.547 bits per heavy atom. The molecule has 0 bridgehead atoms. The summed E-state index contributed by atoms with van der Waals surface area (Å²) in [4.78, 5) is 13.2. The van der Waals surface area contributed by atoms with Crippen molar-refractivity contribution in [3.8, 4) is 0 Å². The van der Waals surface area contributed by atoms with Crippen molar-refractivity contribution in [2.45, 2.75) is 101 Å². The molecule has 2 N–H and O–H groups in total. The van der Waals surface area contributed by atoms with Gasteiger partial charge in [0.1, 0.15) is 48.8 Å². The van der Waals surface area contributed by atoms with Crippen molar-refractivity contribution in [2.75, 3.05) is 19.8 Å². The van der Waals surface area contributed by atoms with Crippen LogP contribution in [0.15, 0.2) is 164 Å². The summed E-state index contributed by atoms with van der Waals surface area (Å²) >= 11 is 0. The van der Waals surface area contributed by atoms with Gasteiger partial charge in [-0.15, -0.1) is 6.58 Å². The summed E-state index contributed by atoms with van der Waals surface area (Å²) in [5.74, 6) is -0.337. The van der Waals surface area contributed by atoms with Gasteiger partial charge in [-0.1, -0.05) is 158 Å². The van der Waals surface area contributed by atoms with Crippen molar-refractivity contribution in [2.24, 2.45) is 0 Å². The molecule has 10 atom stereocenters. The molecule has 7 rings (SSSR count). The zero-order chi connectivity index (χ0) is 44.4. The van der Waals surface area contributed by atoms with E-state index in [1.807, 2.05) is 152 Å². The lowest BCUT2D eigenvalue weighted by molar-refractivity contribution is -0.356. The molecule has 0 unspecified atom stereocenters. The second-order valence-corrected chi connectivity index (χ2v) is 15.8. The first-order valence-corrected chi connectivity index (χ1v) is 21.8. The van der Waals surface area contributed by atoms with Crippen LogP contribution in [0.2, 0.25) is 0 Å². The summed E-state index contributed by atoms with van der Waals surface area (Å²) in [5.41, 5.74) is 4.66. The normalized spacial score (nSPS) is 25.7. The van der Waals surface area contributed by atoms with Crippen molar-refractivity contribution < 1.29 is 52.5 Å². The second kappa shape index (κ2) is 24.8. The third-order valence-corrected chi connectivity index (χ3v) is 11.0. The maximum atomic E-state index is 13.2. The molecule has 2 saturated heterocycles. The predicted molar refractivity (Wildman–Crippen MR) is 239 cm³/mol. The number of aliphatic hydroxyl groups excluding tert-OH is 1. The molecule has 5 aromatic rings. The predicted octanol–water partition coefficient (Wildman–Crippen LogP) is 7.08. The lowest BCUT2D eigenvalue weighted by atomic mass is 9.94. The van der Waals surface area contributed by atoms with Crippen molar-refractivity contribution in [1.29, 1.82) is 0 Å². The molecule has 0 radical (unpaired) electrons. The topological polar surface area (TPSA) is 132 Å². The molecule has 64 heavy (non-hydrogen) atoms. The Bertz CT molecular complexity index is 2080. The summed E-state index contributed by atoms with van der Waals surface area (Å²) in [6.07, 6.45) is -7.12. The number of carbonyl (C=O) groups excluding carboxylic acids is 1. The maximum Gasteiger partial charge on any atom is 0.217 e. The van der Waals surface area contributed by atoms with Crippen molar-refractivity contribution in [1.82, 2.24) is 5.32 Å². The van der Waals surface area contributed by atoms with Gasteiger partial charge in [-0.3, -0.25) is 4.79 Å². The molecular weight excluding hydrogens is 815 g/mol. The molecule has 0 saturated carbocycles. The van der Waals surface area contributed by atoms with Crippen LogP contribution < -0.4 is 5.32 Å². The van der Waals surface area contributed by atoms with Crippen LogP contribution >= 0.6 is 0 Å². The fourth-order valence-corrected chi connectivity index (χ4v) is 7.87. The van der Waals surface area contributed by atoms with Crippen molar-refractivity contribution in [3.63, 3.8) is 0 Å². The maximum absolute atomic E-state index is 13.2. The minimum Gasteiger partial charge on any atom is -0.374 e. The Balaban J connectivity index is 1.24. The molecule has 2 heterocycles. The highest BCUT2D eigenvalue weighted by Gasteiger charge is 2.54. The number of rotatable bonds is 23. The summed E-state index contributed by atoms with van der Waals surface area (Å²) in [6, 6.07) is 47.8. The van der Waals surface area contributed by atoms with E-state index < -0.39 is 61.3 Å². The number of hydrogen-bond donors (Lipinski definition) is 2. The Kier molecular flexibility index (Phi) is 18.2. The molecule has 0 spiro atoms. The lowest BCUT2D eigenvalue weighted by Gasteiger charge is -2.50. The molecule has 0 aliphatic carbocycles. The number of hydrogen-bond acceptors (Lipinski definition) is 11. The molecule has 2 aliphatic heterocycles. The van der Waals surface area contributed by atoms with Crippen molar-refractivity contribution >= 4 is 5.91 Å². The molecule has 12 nitrogen and oxygen atoms in total. The molecule has 0 aromatic heterocycles. The van der Waals surface area contributed by atoms with Gasteiger partial charge < -0.3 is 53.1 Å². The molecule has 12 heteroatoms. The van der Waals surface area contributed by atoms with Gasteiger partial charge in [-0.2, -0.15) is 0 Å². The molecule has 338 valence electrons. The third kappa shape index (κ3) is 13.7. The Hall–Kier alpha value is -5.09. The first-order valence-electron chi connectivity index (χ1n) is 21.8. The Morgan fingerprint density at radius 2 is 0.953 bits per heavy atom. The van der Waals surface area contributed by atoms with Crippen molar-refractivity contribution in [3.05, 3.63) is 192 Å². The van der Waals surface area contributed by atoms with Crippen LogP contribution in [0, 0.1) is 0 Å². The average molecular weight is 874 g/mol. The average Bonchev–Trinajstić information content (AvgIpc) is 3.32. The molecule has 1 amide bonds. The van der Waals surface area contributed by atoms with Gasteiger partial charge in [0.05, 0.1) is 52.9 Å². The molecule has 2 fully saturated rings. The van der Waals surface area contributed by atoms with Crippen LogP contribution in [0.1, 0.15) is 34.7 Å². The standard InChI is InChI=1S/C52H59NO11/c1-3-29-58-46-43(35-56-30-38-19-9-4-10-20-38)63-52(45(53-37(2)54)48(46)59-32-40-23-13-6-14-24-40)64-47-44(36-57-31-39-21-11-5-12-22-39)62-51(55)50(61-34-42-27-17-8-18-28-42)49(47)60-33-41-25-15-7-16-26-41/h3-28,43-52,55H,1,29-36H2,2H3,(H,53,54)/t43-,44-,45+,46+,47-,48-,49+,50-,51+,52+/m1/s1. The summed E-state index contributed by atoms with van der Waals surface area (Å²) in [5, 5.41) is 14.9. The van der Waals surface area contributed by atoms with Gasteiger partial charge in [0, 0.05) is 6.92 Å². The minimum absolute atomic E-state index is 0.00731. The third-order valence-electron chi connectivity index (χ3n) is 11.0. The number of ether oxygens (including phenoxy) is 9. The first-order chi connectivity index (χ1) is 31.4. The summed E-state index contributed by atoms with van der Waals surface area (Å²) in [6.45, 7) is 6.72. The van der Waals surface area contributed by atoms with Gasteiger partial charge in [0.25, 0.3) is 0 Å². The molecular formula is C52H59NO11. The minimum atomic E-state index is -1.43. The zero-order valence-corrected chi connectivity index (χ0v) is 36.2. The highest BCUT2D eigenvalue weighted by Crippen LogP contribution is 2.35. The fraction of sp³-hybridized carbons (Fsp3) is 0.365. The number of carbonyl (C=O) groups is 1. The largest absolute Gasteiger partial charge is 0.374 e. The van der Waals surface area contributed by atoms with E-state index in [4.69, 9.17) is 42.6 Å². The highest BCUT2D eigenvalue weighted by atomic mass is 16.7. The summed E-state index contributed by atoms with van der Waals surface area (Å²) < 4.78 is 59.5. The molecule has 2 aliphatic rings. The van der Waals surface area contributed by atoms with Crippen LogP contribution in [0.5, 0.6) is 0 Å². The highest BCUT2D eigenvalue weighted by molar-refractivity contribution is 5.73. The van der Waals surface area contributed by atoms with Gasteiger partial charge in [-0.05, 0) is 27.8 Å². The van der Waals surface area contributed by atoms with Crippen LogP contribution in [0.4, 0.5) is 0 Å². The van der Waals surface area contributed by atoms with Crippen LogP contribution in [0.25, 0.3) is 0 Å². The second-order valence-electron chi connectivity index (χ2n) is 15.8. The van der Waals surface area contributed by atoms with E-state index in [1.165, 1.54) is 6.92 Å². The van der Waals surface area contributed by atoms with Gasteiger partial charge in [-0.25, -0.2) is 0 Å². The SMILES string of the molecule is C=CCO[C@@H]1[C@H](OCc2ccccc2)[C@H](NC(C)=O)[C@H](O[C@H]2[C@H](OCc3ccccc3)[C@@H](OCc3ccccc3)[C@@H](O)O[C@@H]2COCc2ccccc2)O[C@@H]1COCc1ccccc1. The van der Waals surface area contributed by atoms with E-state index in [0.29, 0.717) is 6.61 Å². The van der Waals surface area contributed by atoms with E-state index in [-0.39, 0.29) is 52.2 Å². The Morgan fingerprint density at radius 3 is 1.39 bits per heavy atom. The number of amides is 1. The van der Waals surface area contributed by atoms with Crippen LogP contribution in [-0.4, -0.2) is 92.2 Å². The van der Waals surface area contributed by atoms with Gasteiger partial charge in [0.15, 0.2) is 12.6 Å². The lowest BCUT2D eigenvalue weighted by Crippen LogP contribution is -2.68. The van der Waals surface area contributed by atoms with E-state index >= 15 is 0 Å². The van der Waals surface area contributed by atoms with Gasteiger partial charge in [0.2, 0.25) is 5.91 Å². The Labute approximate surface area is 376 Å². The number of nitrogens with one attached hydrogen (secondary N) is 1. The van der Waals surface area contributed by atoms with E-state index in [1.54, 1.807) is 6.08 Å². The molecule has 5 aromatic carbocycles. The van der Waals surface area contributed by atoms with Crippen LogP contribution in [0.3, 0.4) is 0 Å². The zero-order valence-electron chi connectivity index (χ0n) is 36.2. The van der Waals surface area contributed by atoms with Gasteiger partial charge >= 0.3 is 0 Å². The van der Waals surface area contributed by atoms with Crippen LogP contribution in [-0.2, 0) is 80.5 Å². The van der Waals surface area contributed by atoms with E-state index in [0.717, 1.165) is 27.8 Å². The quantitative estimate of drug-likeness (QED) is 0.0653. The summed E-state index contributed by atoms with van der Waals surface area (Å²) in [7, 11) is 0. The monoisotopic (exact) mass is 873 g/mol. The van der Waals surface area contributed by atoms with E-state index in [9.17, 15) is 9.90 Å². The van der Waals surface area contributed by atoms with E-state index in [2.05, 4.69) is 11.9 Å². The fourth-order valence-electron chi connectivity index (χ4n) is 7.87. The smallest absolute Gasteiger partial charge is 0.217 e. The first kappa shape index (κ1) is 46.9. The number of benzene rings is 5.